The van der Waals surface area contributed by atoms with Gasteiger partial charge in [0.15, 0.2) is 29.0 Å². The van der Waals surface area contributed by atoms with Gasteiger partial charge in [0, 0.05) is 18.5 Å². The Bertz CT molecular complexity index is 1640. The van der Waals surface area contributed by atoms with Crippen molar-refractivity contribution in [2.45, 2.75) is 43.8 Å². The van der Waals surface area contributed by atoms with Crippen molar-refractivity contribution >= 4 is 28.6 Å². The Morgan fingerprint density at radius 3 is 2.21 bits per heavy atom. The Morgan fingerprint density at radius 1 is 0.977 bits per heavy atom. The zero-order valence-electron chi connectivity index (χ0n) is 23.7. The minimum Gasteiger partial charge on any atom is -0.497 e. The number of aromatic nitrogens is 5. The maximum absolute atomic E-state index is 10.9. The van der Waals surface area contributed by atoms with Gasteiger partial charge in [0.2, 0.25) is 5.28 Å². The molecule has 43 heavy (non-hydrogen) atoms. The molecular weight excluding hydrogens is 576 g/mol. The average Bonchev–Trinajstić information content (AvgIpc) is 3.75. The Labute approximate surface area is 252 Å². The number of hydrogen-bond acceptors (Lipinski definition) is 11. The number of aliphatic hydroxyl groups excluding tert-OH is 2. The lowest BCUT2D eigenvalue weighted by Crippen LogP contribution is -2.28. The van der Waals surface area contributed by atoms with Crippen molar-refractivity contribution in [2.75, 3.05) is 26.1 Å². The number of aryl methyl sites for hydroxylation is 1. The molecule has 13 heteroatoms. The molecule has 5 aromatic rings. The number of aliphatic hydroxyl groups is 2. The number of ether oxygens (including phenoxy) is 3. The highest BCUT2D eigenvalue weighted by Gasteiger charge is 2.47. The number of nitrogens with one attached hydrogen (secondary N) is 1. The summed E-state index contributed by atoms with van der Waals surface area (Å²) in [6, 6.07) is 17.5. The molecule has 1 saturated heterocycles. The lowest BCUT2D eigenvalue weighted by atomic mass is 9.91. The van der Waals surface area contributed by atoms with E-state index >= 15 is 0 Å². The fourth-order valence-corrected chi connectivity index (χ4v) is 5.42. The topological polar surface area (TPSA) is 150 Å². The molecule has 12 nitrogen and oxygen atoms in total. The molecule has 0 radical (unpaired) electrons. The minimum atomic E-state index is -1.29. The van der Waals surface area contributed by atoms with Gasteiger partial charge in [-0.05, 0) is 53.4 Å². The van der Waals surface area contributed by atoms with Crippen LogP contribution in [0.2, 0.25) is 5.28 Å². The van der Waals surface area contributed by atoms with Crippen LogP contribution in [0.3, 0.4) is 0 Å². The minimum absolute atomic E-state index is 0.0189. The molecule has 4 heterocycles. The van der Waals surface area contributed by atoms with Crippen LogP contribution in [0.15, 0.2) is 65.4 Å². The smallest absolute Gasteiger partial charge is 0.226 e. The molecule has 6 rings (SSSR count). The lowest BCUT2D eigenvalue weighted by Gasteiger charge is -2.20. The van der Waals surface area contributed by atoms with Gasteiger partial charge in [-0.1, -0.05) is 36.3 Å². The van der Waals surface area contributed by atoms with Crippen molar-refractivity contribution in [3.63, 3.8) is 0 Å². The van der Waals surface area contributed by atoms with Gasteiger partial charge in [-0.15, -0.1) is 0 Å². The number of rotatable bonds is 10. The molecule has 1 aliphatic rings. The van der Waals surface area contributed by atoms with E-state index in [-0.39, 0.29) is 11.2 Å². The molecule has 0 amide bonds. The van der Waals surface area contributed by atoms with Crippen LogP contribution in [0, 0.1) is 0 Å². The second kappa shape index (κ2) is 12.2. The molecule has 3 aromatic heterocycles. The first-order valence-electron chi connectivity index (χ1n) is 13.8. The highest BCUT2D eigenvalue weighted by atomic mass is 35.5. The Kier molecular flexibility index (Phi) is 8.17. The van der Waals surface area contributed by atoms with E-state index in [0.717, 1.165) is 28.3 Å². The molecule has 2 aromatic carbocycles. The summed E-state index contributed by atoms with van der Waals surface area (Å²) >= 11 is 6.38. The highest BCUT2D eigenvalue weighted by Crippen LogP contribution is 2.40. The van der Waals surface area contributed by atoms with Crippen LogP contribution < -0.4 is 14.8 Å². The largest absolute Gasteiger partial charge is 0.497 e. The van der Waals surface area contributed by atoms with E-state index in [1.165, 1.54) is 10.9 Å². The van der Waals surface area contributed by atoms with E-state index in [0.29, 0.717) is 35.7 Å². The standard InChI is InChI=1S/C30H31ClN6O6/c1-4-18-13-22(43-36-18)26-24(38)25(39)29(42-26)37-15-33-23-27(34-30(31)35-28(23)37)32-14-21(16-5-9-19(40-2)10-6-16)17-7-11-20(41-3)12-8-17/h5-13,15,21,24-26,29,38-39H,4,14H2,1-3H3,(H,32,34,35)/t24-,25+,26+,29+/m0/s1. The zero-order valence-corrected chi connectivity index (χ0v) is 24.5. The van der Waals surface area contributed by atoms with Crippen molar-refractivity contribution in [1.82, 2.24) is 24.7 Å². The normalized spacial score (nSPS) is 20.2. The molecule has 4 atom stereocenters. The van der Waals surface area contributed by atoms with Gasteiger partial charge in [-0.2, -0.15) is 9.97 Å². The van der Waals surface area contributed by atoms with Crippen molar-refractivity contribution in [2.24, 2.45) is 0 Å². The molecule has 0 bridgehead atoms. The van der Waals surface area contributed by atoms with Crippen LogP contribution in [-0.4, -0.2) is 67.9 Å². The van der Waals surface area contributed by atoms with Crippen LogP contribution in [-0.2, 0) is 11.2 Å². The quantitative estimate of drug-likeness (QED) is 0.195. The number of methoxy groups -OCH3 is 2. The first kappa shape index (κ1) is 28.9. The first-order chi connectivity index (χ1) is 20.9. The monoisotopic (exact) mass is 606 g/mol. The van der Waals surface area contributed by atoms with E-state index in [4.69, 9.17) is 30.3 Å². The number of hydrogen-bond donors (Lipinski definition) is 3. The fourth-order valence-electron chi connectivity index (χ4n) is 5.25. The summed E-state index contributed by atoms with van der Waals surface area (Å²) in [5.74, 6) is 2.19. The summed E-state index contributed by atoms with van der Waals surface area (Å²) in [6.45, 7) is 2.39. The molecular formula is C30H31ClN6O6. The number of nitrogens with zero attached hydrogens (tertiary/aromatic N) is 5. The number of anilines is 1. The fraction of sp³-hybridized carbons (Fsp3) is 0.333. The SMILES string of the molecule is CCc1cc([C@H]2O[C@@H](n3cnc4c(NCC(c5ccc(OC)cc5)c5ccc(OC)cc5)nc(Cl)nc43)[C@H](O)[C@@H]2O)on1. The van der Waals surface area contributed by atoms with Crippen LogP contribution in [0.5, 0.6) is 11.5 Å². The third kappa shape index (κ3) is 5.62. The Balaban J connectivity index is 1.29. The van der Waals surface area contributed by atoms with Gasteiger partial charge in [0.05, 0.1) is 26.2 Å². The molecule has 0 saturated carbocycles. The van der Waals surface area contributed by atoms with E-state index in [1.807, 2.05) is 55.5 Å². The maximum Gasteiger partial charge on any atom is 0.226 e. The molecule has 0 aliphatic carbocycles. The summed E-state index contributed by atoms with van der Waals surface area (Å²) < 4.78 is 23.6. The molecule has 0 spiro atoms. The average molecular weight is 607 g/mol. The lowest BCUT2D eigenvalue weighted by molar-refractivity contribution is -0.0434. The number of benzene rings is 2. The van der Waals surface area contributed by atoms with Gasteiger partial charge >= 0.3 is 0 Å². The van der Waals surface area contributed by atoms with Gasteiger partial charge in [0.1, 0.15) is 29.8 Å². The second-order valence-corrected chi connectivity index (χ2v) is 10.5. The van der Waals surface area contributed by atoms with Gasteiger partial charge in [-0.25, -0.2) is 4.98 Å². The predicted octanol–water partition coefficient (Wildman–Crippen LogP) is 4.28. The Morgan fingerprint density at radius 2 is 1.63 bits per heavy atom. The van der Waals surface area contributed by atoms with Crippen molar-refractivity contribution in [1.29, 1.82) is 0 Å². The van der Waals surface area contributed by atoms with Crippen LogP contribution >= 0.6 is 11.6 Å². The first-order valence-corrected chi connectivity index (χ1v) is 14.2. The van der Waals surface area contributed by atoms with Gasteiger partial charge in [0.25, 0.3) is 0 Å². The number of fused-ring (bicyclic) bond motifs is 1. The zero-order chi connectivity index (χ0) is 30.1. The summed E-state index contributed by atoms with van der Waals surface area (Å²) in [4.78, 5) is 13.3. The third-order valence-corrected chi connectivity index (χ3v) is 7.81. The summed E-state index contributed by atoms with van der Waals surface area (Å²) in [7, 11) is 3.27. The van der Waals surface area contributed by atoms with Crippen molar-refractivity contribution < 1.29 is 28.9 Å². The van der Waals surface area contributed by atoms with Crippen LogP contribution in [0.4, 0.5) is 5.82 Å². The van der Waals surface area contributed by atoms with Gasteiger partial charge < -0.3 is 34.3 Å². The van der Waals surface area contributed by atoms with E-state index in [1.54, 1.807) is 20.3 Å². The highest BCUT2D eigenvalue weighted by molar-refractivity contribution is 6.28. The number of imidazole rings is 1. The van der Waals surface area contributed by atoms with E-state index < -0.39 is 24.5 Å². The maximum atomic E-state index is 10.9. The molecule has 3 N–H and O–H groups in total. The Hall–Kier alpha value is -4.23. The summed E-state index contributed by atoms with van der Waals surface area (Å²) in [6.07, 6.45) is -2.35. The van der Waals surface area contributed by atoms with Crippen molar-refractivity contribution in [3.05, 3.63) is 88.8 Å². The van der Waals surface area contributed by atoms with Crippen LogP contribution in [0.25, 0.3) is 11.2 Å². The molecule has 1 aliphatic heterocycles. The number of halogens is 1. The summed E-state index contributed by atoms with van der Waals surface area (Å²) in [5, 5.41) is 29.1. The third-order valence-electron chi connectivity index (χ3n) is 7.64. The van der Waals surface area contributed by atoms with Crippen LogP contribution in [0.1, 0.15) is 47.8 Å². The van der Waals surface area contributed by atoms with Gasteiger partial charge in [-0.3, -0.25) is 4.57 Å². The predicted molar refractivity (Wildman–Crippen MR) is 157 cm³/mol. The molecule has 224 valence electrons. The van der Waals surface area contributed by atoms with Crippen molar-refractivity contribution in [3.8, 4) is 11.5 Å². The molecule has 1 fully saturated rings. The summed E-state index contributed by atoms with van der Waals surface area (Å²) in [5.41, 5.74) is 3.59. The van der Waals surface area contributed by atoms with E-state index in [9.17, 15) is 10.2 Å². The molecule has 0 unspecified atom stereocenters. The second-order valence-electron chi connectivity index (χ2n) is 10.1. The van der Waals surface area contributed by atoms with E-state index in [2.05, 4.69) is 25.4 Å².